The summed E-state index contributed by atoms with van der Waals surface area (Å²) in [4.78, 5) is 21.2. The van der Waals surface area contributed by atoms with Crippen LogP contribution in [0.15, 0.2) is 61.2 Å². The van der Waals surface area contributed by atoms with Gasteiger partial charge in [-0.3, -0.25) is 4.79 Å². The molecule has 2 N–H and O–H groups in total. The van der Waals surface area contributed by atoms with Gasteiger partial charge < -0.3 is 25.0 Å². The minimum absolute atomic E-state index is 0.0730. The predicted octanol–water partition coefficient (Wildman–Crippen LogP) is 7.92. The minimum atomic E-state index is -4.58. The molecule has 47 heavy (non-hydrogen) atoms. The number of carbonyl (C=O) groups excluding carboxylic acids is 1. The largest absolute Gasteiger partial charge is 0.416 e. The molecule has 1 aliphatic heterocycles. The van der Waals surface area contributed by atoms with Crippen LogP contribution in [0.2, 0.25) is 5.02 Å². The summed E-state index contributed by atoms with van der Waals surface area (Å²) in [6.07, 6.45) is -7.74. The van der Waals surface area contributed by atoms with Gasteiger partial charge in [-0.1, -0.05) is 36.4 Å². The molecule has 1 saturated carbocycles. The van der Waals surface area contributed by atoms with Gasteiger partial charge in [-0.25, -0.2) is 4.98 Å². The van der Waals surface area contributed by atoms with Crippen molar-refractivity contribution in [3.63, 3.8) is 0 Å². The van der Waals surface area contributed by atoms with Gasteiger partial charge >= 0.3 is 12.4 Å². The second-order valence-electron chi connectivity index (χ2n) is 11.8. The van der Waals surface area contributed by atoms with Gasteiger partial charge in [-0.2, -0.15) is 26.3 Å². The maximum absolute atomic E-state index is 13.3. The lowest BCUT2D eigenvalue weighted by atomic mass is 10.1. The zero-order chi connectivity index (χ0) is 33.7. The average molecular weight is 677 g/mol. The summed E-state index contributed by atoms with van der Waals surface area (Å²) in [5.74, 6) is -0.532. The summed E-state index contributed by atoms with van der Waals surface area (Å²) < 4.78 is 80.8. The van der Waals surface area contributed by atoms with Crippen LogP contribution >= 0.6 is 11.6 Å². The molecule has 0 bridgehead atoms. The molecule has 3 aromatic carbocycles. The fraction of sp³-hybridized carbons (Fsp3) is 0.333. The van der Waals surface area contributed by atoms with E-state index in [0.717, 1.165) is 34.6 Å². The fourth-order valence-corrected chi connectivity index (χ4v) is 6.14. The zero-order valence-electron chi connectivity index (χ0n) is 25.3. The van der Waals surface area contributed by atoms with Crippen LogP contribution in [0.25, 0.3) is 17.1 Å². The fourth-order valence-electron chi connectivity index (χ4n) is 5.86. The normalized spacial score (nSPS) is 16.3. The molecule has 1 saturated heterocycles. The van der Waals surface area contributed by atoms with Crippen molar-refractivity contribution in [3.05, 3.63) is 82.9 Å². The quantitative estimate of drug-likeness (QED) is 0.186. The molecule has 248 valence electrons. The third-order valence-corrected chi connectivity index (χ3v) is 9.20. The summed E-state index contributed by atoms with van der Waals surface area (Å²) in [6, 6.07) is 14.1. The van der Waals surface area contributed by atoms with Crippen LogP contribution < -0.4 is 20.4 Å². The number of hydrogen-bond donors (Lipinski definition) is 2. The Morgan fingerprint density at radius 2 is 1.64 bits per heavy atom. The summed E-state index contributed by atoms with van der Waals surface area (Å²) in [7, 11) is 1.84. The van der Waals surface area contributed by atoms with Crippen molar-refractivity contribution >= 4 is 57.6 Å². The van der Waals surface area contributed by atoms with Crippen molar-refractivity contribution < 1.29 is 31.1 Å². The number of rotatable bonds is 8. The number of amides is 1. The molecule has 6 rings (SSSR count). The van der Waals surface area contributed by atoms with Gasteiger partial charge in [0.25, 0.3) is 0 Å². The SMILES string of the molecule is C=Cc1ccc(CNC(=O)C2(C(F)(F)F)CC2)cc1Nc1nc2cc(Cl)c(N3CCN(c4ccc(C(F)(F)F)cc4)CC3)cc2n1C. The van der Waals surface area contributed by atoms with Crippen molar-refractivity contribution in [2.24, 2.45) is 12.5 Å². The Morgan fingerprint density at radius 1 is 0.979 bits per heavy atom. The van der Waals surface area contributed by atoms with Crippen molar-refractivity contribution in [1.29, 1.82) is 0 Å². The van der Waals surface area contributed by atoms with Gasteiger partial charge in [-0.15, -0.1) is 0 Å². The van der Waals surface area contributed by atoms with E-state index in [1.807, 2.05) is 22.6 Å². The topological polar surface area (TPSA) is 65.4 Å². The third-order valence-electron chi connectivity index (χ3n) is 8.89. The third kappa shape index (κ3) is 6.32. The number of aromatic nitrogens is 2. The molecule has 0 spiro atoms. The number of piperazine rings is 1. The number of imidazole rings is 1. The van der Waals surface area contributed by atoms with Crippen LogP contribution in [-0.2, 0) is 24.6 Å². The highest BCUT2D eigenvalue weighted by molar-refractivity contribution is 6.34. The highest BCUT2D eigenvalue weighted by Crippen LogP contribution is 2.57. The Bertz CT molecular complexity index is 1820. The van der Waals surface area contributed by atoms with Crippen LogP contribution in [0, 0.1) is 5.41 Å². The maximum Gasteiger partial charge on any atom is 0.416 e. The Balaban J connectivity index is 1.16. The number of halogens is 7. The molecule has 0 atom stereocenters. The van der Waals surface area contributed by atoms with Gasteiger partial charge in [0.05, 0.1) is 27.3 Å². The van der Waals surface area contributed by atoms with E-state index >= 15 is 0 Å². The summed E-state index contributed by atoms with van der Waals surface area (Å²) in [6.45, 7) is 6.17. The molecule has 1 aliphatic carbocycles. The monoisotopic (exact) mass is 676 g/mol. The predicted molar refractivity (Wildman–Crippen MR) is 171 cm³/mol. The van der Waals surface area contributed by atoms with E-state index in [9.17, 15) is 31.1 Å². The number of benzene rings is 3. The standard InChI is InChI=1S/C33H31ClF6N6O/c1-3-21-5-4-20(19-41-29(47)31(10-11-31)33(38,39)40)16-25(21)42-30-43-26-17-24(34)27(18-28(26)44(30)2)46-14-12-45(13-15-46)23-8-6-22(7-9-23)32(35,36)37/h3-9,16-18H,1,10-15,19H2,2H3,(H,41,47)(H,42,43). The van der Waals surface area contributed by atoms with Crippen LogP contribution in [0.1, 0.15) is 29.5 Å². The van der Waals surface area contributed by atoms with Crippen molar-refractivity contribution in [1.82, 2.24) is 14.9 Å². The number of aryl methyl sites for hydroxylation is 1. The van der Waals surface area contributed by atoms with E-state index in [1.54, 1.807) is 30.3 Å². The highest BCUT2D eigenvalue weighted by Gasteiger charge is 2.68. The van der Waals surface area contributed by atoms with E-state index < -0.39 is 29.2 Å². The molecule has 0 radical (unpaired) electrons. The maximum atomic E-state index is 13.3. The number of nitrogens with one attached hydrogen (secondary N) is 2. The summed E-state index contributed by atoms with van der Waals surface area (Å²) in [5, 5.41) is 6.22. The number of carbonyl (C=O) groups is 1. The van der Waals surface area contributed by atoms with E-state index in [2.05, 4.69) is 22.1 Å². The number of anilines is 4. The summed E-state index contributed by atoms with van der Waals surface area (Å²) >= 11 is 6.72. The van der Waals surface area contributed by atoms with E-state index in [4.69, 9.17) is 16.6 Å². The molecule has 4 aromatic rings. The van der Waals surface area contributed by atoms with Gasteiger partial charge in [-0.05, 0) is 66.4 Å². The number of hydrogen-bond acceptors (Lipinski definition) is 5. The van der Waals surface area contributed by atoms with Gasteiger partial charge in [0, 0.05) is 51.1 Å². The molecule has 2 fully saturated rings. The van der Waals surface area contributed by atoms with Gasteiger partial charge in [0.1, 0.15) is 5.41 Å². The first-order chi connectivity index (χ1) is 22.2. The molecule has 7 nitrogen and oxygen atoms in total. The van der Waals surface area contributed by atoms with Crippen LogP contribution in [-0.4, -0.2) is 47.8 Å². The van der Waals surface area contributed by atoms with E-state index in [0.29, 0.717) is 53.9 Å². The van der Waals surface area contributed by atoms with Gasteiger partial charge in [0.2, 0.25) is 11.9 Å². The molecular weight excluding hydrogens is 646 g/mol. The number of fused-ring (bicyclic) bond motifs is 1. The van der Waals surface area contributed by atoms with Crippen molar-refractivity contribution in [2.45, 2.75) is 31.7 Å². The van der Waals surface area contributed by atoms with Crippen molar-refractivity contribution in [3.8, 4) is 0 Å². The number of alkyl halides is 6. The smallest absolute Gasteiger partial charge is 0.368 e. The van der Waals surface area contributed by atoms with Crippen LogP contribution in [0.3, 0.4) is 0 Å². The first-order valence-corrected chi connectivity index (χ1v) is 15.3. The first kappa shape index (κ1) is 32.5. The Labute approximate surface area is 271 Å². The molecule has 2 aliphatic rings. The highest BCUT2D eigenvalue weighted by atomic mass is 35.5. The second kappa shape index (κ2) is 12.0. The zero-order valence-corrected chi connectivity index (χ0v) is 26.0. The molecular formula is C33H31ClF6N6O. The Kier molecular flexibility index (Phi) is 8.31. The van der Waals surface area contributed by atoms with E-state index in [-0.39, 0.29) is 19.4 Å². The lowest BCUT2D eigenvalue weighted by Crippen LogP contribution is -2.46. The van der Waals surface area contributed by atoms with E-state index in [1.165, 1.54) is 12.1 Å². The van der Waals surface area contributed by atoms with Gasteiger partial charge in [0.15, 0.2) is 0 Å². The average Bonchev–Trinajstić information content (AvgIpc) is 3.81. The minimum Gasteiger partial charge on any atom is -0.368 e. The molecule has 0 unspecified atom stereocenters. The molecule has 1 aromatic heterocycles. The first-order valence-electron chi connectivity index (χ1n) is 14.9. The lowest BCUT2D eigenvalue weighted by molar-refractivity contribution is -0.192. The second-order valence-corrected chi connectivity index (χ2v) is 12.2. The lowest BCUT2D eigenvalue weighted by Gasteiger charge is -2.37. The molecule has 14 heteroatoms. The van der Waals surface area contributed by atoms with Crippen LogP contribution in [0.4, 0.5) is 49.4 Å². The summed E-state index contributed by atoms with van der Waals surface area (Å²) in [5.41, 5.74) is 1.92. The van der Waals surface area contributed by atoms with Crippen LogP contribution in [0.5, 0.6) is 0 Å². The number of nitrogens with zero attached hydrogens (tertiary/aromatic N) is 4. The Morgan fingerprint density at radius 3 is 2.23 bits per heavy atom. The molecule has 1 amide bonds. The molecule has 2 heterocycles. The van der Waals surface area contributed by atoms with Crippen molar-refractivity contribution in [2.75, 3.05) is 41.3 Å². The Hall–Kier alpha value is -4.39.